The van der Waals surface area contributed by atoms with Gasteiger partial charge in [-0.2, -0.15) is 12.6 Å². The van der Waals surface area contributed by atoms with Crippen LogP contribution >= 0.6 is 12.6 Å². The molecule has 5 rings (SSSR count). The second-order valence-corrected chi connectivity index (χ2v) is 12.1. The van der Waals surface area contributed by atoms with E-state index in [-0.39, 0.29) is 6.61 Å². The number of likely N-dealkylation sites (N-methyl/N-ethyl adjacent to an activating group) is 1. The molecular weight excluding hydrogens is 570 g/mol. The summed E-state index contributed by atoms with van der Waals surface area (Å²) < 4.78 is 16.0. The van der Waals surface area contributed by atoms with Crippen molar-refractivity contribution in [1.82, 2.24) is 9.80 Å². The van der Waals surface area contributed by atoms with Gasteiger partial charge < -0.3 is 28.9 Å². The fourth-order valence-corrected chi connectivity index (χ4v) is 6.09. The predicted octanol–water partition coefficient (Wildman–Crippen LogP) is 6.27. The summed E-state index contributed by atoms with van der Waals surface area (Å²) in [5, 5.41) is 2.01. The summed E-state index contributed by atoms with van der Waals surface area (Å²) in [4.78, 5) is 18.5. The maximum Gasteiger partial charge on any atom is 0.343 e. The molecule has 3 aromatic carbocycles. The molecule has 2 fully saturated rings. The Bertz CT molecular complexity index is 1330. The number of benzene rings is 3. The Kier molecular flexibility index (Phi) is 13.3. The normalized spacial score (nSPS) is 19.1. The van der Waals surface area contributed by atoms with Crippen LogP contribution in [0, 0.1) is 5.92 Å². The number of thiol groups is 1. The van der Waals surface area contributed by atoms with Gasteiger partial charge in [0, 0.05) is 56.4 Å². The van der Waals surface area contributed by atoms with E-state index >= 15 is 0 Å². The molecule has 2 aliphatic rings. The SMILES string of the molecule is C=Cc1ccc(OCC(=O)OC)c2ccccc12.CC1CCC(CS)CN1CCCOc1ccc(N2CCN(C)CC2)cc1. The lowest BCUT2D eigenvalue weighted by atomic mass is 9.95. The molecule has 0 radical (unpaired) electrons. The average molecular weight is 620 g/mol. The minimum Gasteiger partial charge on any atom is -0.494 e. The van der Waals surface area contributed by atoms with Gasteiger partial charge in [0.25, 0.3) is 0 Å². The molecule has 44 heavy (non-hydrogen) atoms. The molecule has 0 saturated carbocycles. The molecule has 0 bridgehead atoms. The van der Waals surface area contributed by atoms with Crippen LogP contribution in [0.2, 0.25) is 0 Å². The van der Waals surface area contributed by atoms with E-state index < -0.39 is 5.97 Å². The highest BCUT2D eigenvalue weighted by molar-refractivity contribution is 7.80. The number of rotatable bonds is 11. The lowest BCUT2D eigenvalue weighted by Gasteiger charge is -2.37. The van der Waals surface area contributed by atoms with E-state index in [2.05, 4.69) is 76.9 Å². The molecule has 0 amide bonds. The topological polar surface area (TPSA) is 54.5 Å². The number of ether oxygens (including phenoxy) is 3. The maximum atomic E-state index is 11.1. The van der Waals surface area contributed by atoms with E-state index in [4.69, 9.17) is 9.47 Å². The molecule has 0 aromatic heterocycles. The van der Waals surface area contributed by atoms with Gasteiger partial charge in [0.2, 0.25) is 0 Å². The molecule has 2 atom stereocenters. The predicted molar refractivity (Wildman–Crippen MR) is 185 cm³/mol. The Hall–Kier alpha value is -3.20. The number of piperazine rings is 1. The van der Waals surface area contributed by atoms with Crippen molar-refractivity contribution in [3.8, 4) is 11.5 Å². The first-order valence-electron chi connectivity index (χ1n) is 15.8. The summed E-state index contributed by atoms with van der Waals surface area (Å²) in [6.07, 6.45) is 5.52. The number of hydrogen-bond donors (Lipinski definition) is 1. The minimum atomic E-state index is -0.396. The molecule has 2 aliphatic heterocycles. The summed E-state index contributed by atoms with van der Waals surface area (Å²) >= 11 is 4.48. The highest BCUT2D eigenvalue weighted by atomic mass is 32.1. The molecule has 238 valence electrons. The second-order valence-electron chi connectivity index (χ2n) is 11.7. The van der Waals surface area contributed by atoms with Crippen LogP contribution < -0.4 is 14.4 Å². The van der Waals surface area contributed by atoms with Crippen molar-refractivity contribution < 1.29 is 19.0 Å². The fourth-order valence-electron chi connectivity index (χ4n) is 5.79. The number of hydrogen-bond acceptors (Lipinski definition) is 8. The molecule has 2 saturated heterocycles. The number of likely N-dealkylation sites (tertiary alicyclic amines) is 1. The Morgan fingerprint density at radius 3 is 2.39 bits per heavy atom. The third kappa shape index (κ3) is 9.65. The van der Waals surface area contributed by atoms with Gasteiger partial charge in [-0.3, -0.25) is 0 Å². The lowest BCUT2D eigenvalue weighted by Crippen LogP contribution is -2.44. The Labute approximate surface area is 269 Å². The fraction of sp³-hybridized carbons (Fsp3) is 0.472. The summed E-state index contributed by atoms with van der Waals surface area (Å²) in [7, 11) is 3.53. The third-order valence-electron chi connectivity index (χ3n) is 8.64. The van der Waals surface area contributed by atoms with Crippen LogP contribution in [0.1, 0.15) is 31.7 Å². The van der Waals surface area contributed by atoms with E-state index in [0.29, 0.717) is 11.8 Å². The first-order valence-corrected chi connectivity index (χ1v) is 16.4. The molecule has 2 unspecified atom stereocenters. The van der Waals surface area contributed by atoms with Crippen LogP contribution in [0.25, 0.3) is 16.8 Å². The van der Waals surface area contributed by atoms with Crippen LogP contribution in [-0.2, 0) is 9.53 Å². The lowest BCUT2D eigenvalue weighted by molar-refractivity contribution is -0.142. The first-order chi connectivity index (χ1) is 21.4. The van der Waals surface area contributed by atoms with Crippen molar-refractivity contribution in [3.63, 3.8) is 0 Å². The van der Waals surface area contributed by atoms with Crippen molar-refractivity contribution in [2.24, 2.45) is 5.92 Å². The van der Waals surface area contributed by atoms with E-state index in [1.54, 1.807) is 6.08 Å². The molecule has 7 nitrogen and oxygen atoms in total. The van der Waals surface area contributed by atoms with E-state index in [1.807, 2.05) is 36.4 Å². The third-order valence-corrected chi connectivity index (χ3v) is 9.16. The number of carbonyl (C=O) groups is 1. The average Bonchev–Trinajstić information content (AvgIpc) is 3.07. The van der Waals surface area contributed by atoms with E-state index in [9.17, 15) is 4.79 Å². The number of esters is 1. The summed E-state index contributed by atoms with van der Waals surface area (Å²) in [5.41, 5.74) is 2.35. The van der Waals surface area contributed by atoms with Gasteiger partial charge >= 0.3 is 5.97 Å². The molecule has 8 heteroatoms. The zero-order chi connectivity index (χ0) is 31.3. The van der Waals surface area contributed by atoms with Crippen molar-refractivity contribution in [2.45, 2.75) is 32.2 Å². The molecular formula is C36H49N3O4S. The molecule has 2 heterocycles. The number of anilines is 1. The monoisotopic (exact) mass is 619 g/mol. The quantitative estimate of drug-likeness (QED) is 0.154. The van der Waals surface area contributed by atoms with Gasteiger partial charge in [-0.05, 0) is 86.2 Å². The van der Waals surface area contributed by atoms with Gasteiger partial charge in [-0.1, -0.05) is 43.0 Å². The molecule has 0 spiro atoms. The van der Waals surface area contributed by atoms with Crippen LogP contribution in [0.3, 0.4) is 0 Å². The maximum absolute atomic E-state index is 11.1. The van der Waals surface area contributed by atoms with Crippen molar-refractivity contribution in [3.05, 3.63) is 72.8 Å². The molecule has 3 aromatic rings. The van der Waals surface area contributed by atoms with Gasteiger partial charge in [-0.15, -0.1) is 0 Å². The number of fused-ring (bicyclic) bond motifs is 1. The van der Waals surface area contributed by atoms with E-state index in [0.717, 1.165) is 79.5 Å². The van der Waals surface area contributed by atoms with Crippen LogP contribution in [0.4, 0.5) is 5.69 Å². The van der Waals surface area contributed by atoms with Gasteiger partial charge in [0.15, 0.2) is 6.61 Å². The Morgan fingerprint density at radius 2 is 1.70 bits per heavy atom. The van der Waals surface area contributed by atoms with Gasteiger partial charge in [-0.25, -0.2) is 4.79 Å². The molecule has 0 aliphatic carbocycles. The zero-order valence-corrected chi connectivity index (χ0v) is 27.5. The Morgan fingerprint density at radius 1 is 0.977 bits per heavy atom. The standard InChI is InChI=1S/C21H35N3OS.C15H14O3/c1-18-4-5-19(17-26)16-24(18)10-3-15-25-21-8-6-20(7-9-21)23-13-11-22(2)12-14-23;1-3-11-8-9-14(18-10-15(16)17-2)13-7-5-4-6-12(11)13/h6-9,18-19,26H,3-5,10-17H2,1-2H3;3-9H,1,10H2,2H3. The summed E-state index contributed by atoms with van der Waals surface area (Å²) in [6.45, 7) is 13.7. The summed E-state index contributed by atoms with van der Waals surface area (Å²) in [6, 6.07) is 20.9. The number of carbonyl (C=O) groups excluding carboxylic acids is 1. The van der Waals surface area contributed by atoms with Crippen molar-refractivity contribution >= 4 is 41.1 Å². The number of nitrogens with zero attached hydrogens (tertiary/aromatic N) is 3. The highest BCUT2D eigenvalue weighted by Crippen LogP contribution is 2.29. The minimum absolute atomic E-state index is 0.0894. The first kappa shape index (κ1) is 33.7. The van der Waals surface area contributed by atoms with Gasteiger partial charge in [0.05, 0.1) is 13.7 Å². The van der Waals surface area contributed by atoms with Crippen LogP contribution in [0.15, 0.2) is 67.2 Å². The van der Waals surface area contributed by atoms with Crippen molar-refractivity contribution in [1.29, 1.82) is 0 Å². The second kappa shape index (κ2) is 17.3. The Balaban J connectivity index is 0.000000215. The van der Waals surface area contributed by atoms with E-state index in [1.165, 1.54) is 32.2 Å². The largest absolute Gasteiger partial charge is 0.494 e. The van der Waals surface area contributed by atoms with Crippen LogP contribution in [-0.4, -0.2) is 94.2 Å². The highest BCUT2D eigenvalue weighted by Gasteiger charge is 2.24. The zero-order valence-electron chi connectivity index (χ0n) is 26.6. The number of piperidine rings is 1. The van der Waals surface area contributed by atoms with Crippen LogP contribution in [0.5, 0.6) is 11.5 Å². The number of methoxy groups -OCH3 is 1. The molecule has 0 N–H and O–H groups in total. The van der Waals surface area contributed by atoms with Gasteiger partial charge in [0.1, 0.15) is 11.5 Å². The van der Waals surface area contributed by atoms with Crippen molar-refractivity contribution in [2.75, 3.05) is 77.3 Å². The summed E-state index contributed by atoms with van der Waals surface area (Å²) in [5.74, 6) is 3.04. The smallest absolute Gasteiger partial charge is 0.343 e.